The molecule has 0 unspecified atom stereocenters. The number of nitrogens with zero attached hydrogens (tertiary/aromatic N) is 5. The zero-order chi connectivity index (χ0) is 23.0. The average molecular weight is 463 g/mol. The molecule has 1 fully saturated rings. The number of rotatable bonds is 8. The van der Waals surface area contributed by atoms with Crippen LogP contribution in [0.15, 0.2) is 59.9 Å². The van der Waals surface area contributed by atoms with Crippen LogP contribution in [0.5, 0.6) is 0 Å². The molecular weight excluding hydrogens is 432 g/mol. The third-order valence-corrected chi connectivity index (χ3v) is 6.60. The van der Waals surface area contributed by atoms with Gasteiger partial charge in [0.15, 0.2) is 5.16 Å². The summed E-state index contributed by atoms with van der Waals surface area (Å²) in [4.78, 5) is 31.1. The number of anilines is 1. The number of thioether (sulfide) groups is 1. The van der Waals surface area contributed by atoms with Crippen molar-refractivity contribution in [2.24, 2.45) is 0 Å². The lowest BCUT2D eigenvalue weighted by molar-refractivity contribution is 0.0950. The average Bonchev–Trinajstić information content (AvgIpc) is 2.86. The van der Waals surface area contributed by atoms with Crippen molar-refractivity contribution < 1.29 is 4.79 Å². The Morgan fingerprint density at radius 2 is 1.91 bits per heavy atom. The zero-order valence-corrected chi connectivity index (χ0v) is 20.0. The van der Waals surface area contributed by atoms with E-state index in [0.29, 0.717) is 17.9 Å². The number of aryl methyl sites for hydroxylation is 1. The smallest absolute Gasteiger partial charge is 0.251 e. The van der Waals surface area contributed by atoms with Crippen LogP contribution < -0.4 is 10.2 Å². The minimum absolute atomic E-state index is 0.104. The Morgan fingerprint density at radius 1 is 1.06 bits per heavy atom. The molecule has 0 spiro atoms. The molecule has 3 heterocycles. The van der Waals surface area contributed by atoms with Crippen LogP contribution in [0.4, 0.5) is 5.82 Å². The van der Waals surface area contributed by atoms with Crippen molar-refractivity contribution in [1.29, 1.82) is 0 Å². The molecule has 1 N–H and O–H groups in total. The normalized spacial score (nSPS) is 14.3. The Morgan fingerprint density at radius 3 is 2.67 bits per heavy atom. The molecule has 1 saturated heterocycles. The molecule has 33 heavy (non-hydrogen) atoms. The number of piperazine rings is 1. The first-order valence-electron chi connectivity index (χ1n) is 11.3. The van der Waals surface area contributed by atoms with Crippen LogP contribution in [0.3, 0.4) is 0 Å². The van der Waals surface area contributed by atoms with Crippen molar-refractivity contribution in [3.05, 3.63) is 77.2 Å². The Labute approximate surface area is 199 Å². The molecule has 1 aliphatic heterocycles. The predicted molar refractivity (Wildman–Crippen MR) is 133 cm³/mol. The first kappa shape index (κ1) is 23.2. The van der Waals surface area contributed by atoms with Gasteiger partial charge in [-0.2, -0.15) is 0 Å². The molecule has 7 nitrogen and oxygen atoms in total. The number of pyridine rings is 1. The van der Waals surface area contributed by atoms with E-state index in [0.717, 1.165) is 60.6 Å². The summed E-state index contributed by atoms with van der Waals surface area (Å²) in [6, 6.07) is 15.5. The van der Waals surface area contributed by atoms with Gasteiger partial charge in [-0.25, -0.2) is 9.97 Å². The summed E-state index contributed by atoms with van der Waals surface area (Å²) in [5, 5.41) is 3.70. The molecule has 172 valence electrons. The van der Waals surface area contributed by atoms with E-state index in [9.17, 15) is 4.79 Å². The maximum atomic E-state index is 12.6. The monoisotopic (exact) mass is 462 g/mol. The van der Waals surface area contributed by atoms with Gasteiger partial charge in [-0.3, -0.25) is 9.78 Å². The predicted octanol–water partition coefficient (Wildman–Crippen LogP) is 3.54. The Kier molecular flexibility index (Phi) is 7.91. The lowest BCUT2D eigenvalue weighted by Crippen LogP contribution is -2.46. The van der Waals surface area contributed by atoms with E-state index in [1.807, 2.05) is 49.4 Å². The molecule has 8 heteroatoms. The fraction of sp³-hybridized carbons (Fsp3) is 0.360. The number of amides is 1. The molecule has 0 aliphatic carbocycles. The van der Waals surface area contributed by atoms with Crippen LogP contribution in [-0.4, -0.2) is 58.5 Å². The lowest BCUT2D eigenvalue weighted by atomic mass is 10.1. The van der Waals surface area contributed by atoms with Crippen molar-refractivity contribution in [1.82, 2.24) is 25.2 Å². The van der Waals surface area contributed by atoms with E-state index in [1.165, 1.54) is 0 Å². The van der Waals surface area contributed by atoms with E-state index in [2.05, 4.69) is 38.1 Å². The van der Waals surface area contributed by atoms with Gasteiger partial charge in [0.25, 0.3) is 5.91 Å². The Hall–Kier alpha value is -2.97. The number of carbonyl (C=O) groups is 1. The molecule has 0 saturated carbocycles. The van der Waals surface area contributed by atoms with Crippen molar-refractivity contribution in [3.63, 3.8) is 0 Å². The summed E-state index contributed by atoms with van der Waals surface area (Å²) >= 11 is 1.60. The maximum absolute atomic E-state index is 12.6. The number of likely N-dealkylation sites (N-methyl/N-ethyl adjacent to an activating group) is 1. The highest BCUT2D eigenvalue weighted by atomic mass is 32.2. The van der Waals surface area contributed by atoms with E-state index < -0.39 is 0 Å². The first-order chi connectivity index (χ1) is 16.1. The van der Waals surface area contributed by atoms with Gasteiger partial charge in [0.2, 0.25) is 0 Å². The molecule has 0 radical (unpaired) electrons. The summed E-state index contributed by atoms with van der Waals surface area (Å²) in [5.41, 5.74) is 3.52. The summed E-state index contributed by atoms with van der Waals surface area (Å²) in [7, 11) is 0. The third kappa shape index (κ3) is 6.52. The highest BCUT2D eigenvalue weighted by Gasteiger charge is 2.18. The number of hydrogen-bond donors (Lipinski definition) is 1. The SMILES string of the molecule is CCN1CCN(c2cc(C)nc(SCc3cccc(C(=O)NCc4ccccn4)c3)n2)CC1. The zero-order valence-electron chi connectivity index (χ0n) is 19.2. The van der Waals surface area contributed by atoms with Gasteiger partial charge < -0.3 is 15.1 Å². The fourth-order valence-electron chi connectivity index (χ4n) is 3.77. The first-order valence-corrected chi connectivity index (χ1v) is 12.3. The quantitative estimate of drug-likeness (QED) is 0.405. The number of aromatic nitrogens is 3. The van der Waals surface area contributed by atoms with E-state index in [-0.39, 0.29) is 5.91 Å². The van der Waals surface area contributed by atoms with E-state index in [1.54, 1.807) is 18.0 Å². The molecule has 3 aromatic rings. The van der Waals surface area contributed by atoms with E-state index in [4.69, 9.17) is 4.98 Å². The number of benzene rings is 1. The van der Waals surface area contributed by atoms with Gasteiger partial charge in [0.1, 0.15) is 5.82 Å². The highest BCUT2D eigenvalue weighted by Crippen LogP contribution is 2.24. The Balaban J connectivity index is 1.36. The third-order valence-electron chi connectivity index (χ3n) is 5.68. The molecule has 2 aromatic heterocycles. The molecule has 0 bridgehead atoms. The second-order valence-corrected chi connectivity index (χ2v) is 9.01. The van der Waals surface area contributed by atoms with Crippen LogP contribution in [0.25, 0.3) is 0 Å². The van der Waals surface area contributed by atoms with Gasteiger partial charge in [-0.05, 0) is 43.3 Å². The van der Waals surface area contributed by atoms with Crippen molar-refractivity contribution >= 4 is 23.5 Å². The molecule has 0 atom stereocenters. The standard InChI is InChI=1S/C25H30N6OS/c1-3-30-11-13-31(14-12-30)23-15-19(2)28-25(29-23)33-18-20-7-6-8-21(16-20)24(32)27-17-22-9-4-5-10-26-22/h4-10,15-16H,3,11-14,17-18H2,1-2H3,(H,27,32). The second kappa shape index (κ2) is 11.2. The number of nitrogens with one attached hydrogen (secondary N) is 1. The summed E-state index contributed by atoms with van der Waals surface area (Å²) < 4.78 is 0. The molecule has 1 aromatic carbocycles. The number of carbonyl (C=O) groups excluding carboxylic acids is 1. The minimum Gasteiger partial charge on any atom is -0.354 e. The van der Waals surface area contributed by atoms with Crippen LogP contribution >= 0.6 is 11.8 Å². The van der Waals surface area contributed by atoms with Crippen LogP contribution in [0.1, 0.15) is 34.2 Å². The van der Waals surface area contributed by atoms with Crippen molar-refractivity contribution in [2.75, 3.05) is 37.6 Å². The summed E-state index contributed by atoms with van der Waals surface area (Å²) in [5.74, 6) is 1.60. The molecule has 4 rings (SSSR count). The van der Waals surface area contributed by atoms with Gasteiger partial charge in [-0.1, -0.05) is 36.9 Å². The molecular formula is C25H30N6OS. The fourth-order valence-corrected chi connectivity index (χ4v) is 4.61. The lowest BCUT2D eigenvalue weighted by Gasteiger charge is -2.34. The van der Waals surface area contributed by atoms with Crippen LogP contribution in [0, 0.1) is 6.92 Å². The molecule has 1 aliphatic rings. The van der Waals surface area contributed by atoms with Crippen molar-refractivity contribution in [2.45, 2.75) is 31.3 Å². The van der Waals surface area contributed by atoms with Gasteiger partial charge in [0, 0.05) is 55.5 Å². The minimum atomic E-state index is -0.104. The highest BCUT2D eigenvalue weighted by molar-refractivity contribution is 7.98. The Bertz CT molecular complexity index is 1070. The van der Waals surface area contributed by atoms with Gasteiger partial charge in [-0.15, -0.1) is 0 Å². The maximum Gasteiger partial charge on any atom is 0.251 e. The largest absolute Gasteiger partial charge is 0.354 e. The molecule has 1 amide bonds. The van der Waals surface area contributed by atoms with Crippen molar-refractivity contribution in [3.8, 4) is 0 Å². The van der Waals surface area contributed by atoms with Gasteiger partial charge in [0.05, 0.1) is 12.2 Å². The topological polar surface area (TPSA) is 74.2 Å². The summed E-state index contributed by atoms with van der Waals surface area (Å²) in [6.45, 7) is 9.84. The second-order valence-electron chi connectivity index (χ2n) is 8.06. The van der Waals surface area contributed by atoms with Crippen LogP contribution in [-0.2, 0) is 12.3 Å². The van der Waals surface area contributed by atoms with Gasteiger partial charge >= 0.3 is 0 Å². The van der Waals surface area contributed by atoms with Crippen LogP contribution in [0.2, 0.25) is 0 Å². The summed E-state index contributed by atoms with van der Waals surface area (Å²) in [6.07, 6.45) is 1.73. The van der Waals surface area contributed by atoms with E-state index >= 15 is 0 Å². The number of hydrogen-bond acceptors (Lipinski definition) is 7.